The Morgan fingerprint density at radius 1 is 1.56 bits per heavy atom. The number of pyridine rings is 1. The summed E-state index contributed by atoms with van der Waals surface area (Å²) in [5.74, 6) is -1.06. The second-order valence-corrected chi connectivity index (χ2v) is 4.16. The van der Waals surface area contributed by atoms with E-state index in [2.05, 4.69) is 25.7 Å². The van der Waals surface area contributed by atoms with Gasteiger partial charge in [-0.3, -0.25) is 4.98 Å². The number of esters is 2. The van der Waals surface area contributed by atoms with Gasteiger partial charge in [-0.25, -0.2) is 9.59 Å². The van der Waals surface area contributed by atoms with Gasteiger partial charge in [0, 0.05) is 23.3 Å². The van der Waals surface area contributed by atoms with E-state index in [0.29, 0.717) is 23.1 Å². The number of hydrogen-bond donors (Lipinski definition) is 0. The van der Waals surface area contributed by atoms with E-state index in [4.69, 9.17) is 4.74 Å². The molecule has 0 saturated carbocycles. The van der Waals surface area contributed by atoms with Gasteiger partial charge in [0.15, 0.2) is 0 Å². The molecular weight excluding hydrogens is 278 g/mol. The summed E-state index contributed by atoms with van der Waals surface area (Å²) >= 11 is 3.19. The average Bonchev–Trinajstić information content (AvgIpc) is 2.64. The van der Waals surface area contributed by atoms with Gasteiger partial charge in [0.1, 0.15) is 0 Å². The van der Waals surface area contributed by atoms with Crippen molar-refractivity contribution in [1.82, 2.24) is 4.98 Å². The van der Waals surface area contributed by atoms with Crippen molar-refractivity contribution >= 4 is 27.9 Å². The summed E-state index contributed by atoms with van der Waals surface area (Å²) in [5, 5.41) is 0. The number of carbonyl (C=O) groups excluding carboxylic acids is 2. The smallest absolute Gasteiger partial charge is 0.347 e. The predicted octanol–water partition coefficient (Wildman–Crippen LogP) is 1.32. The van der Waals surface area contributed by atoms with Crippen LogP contribution in [0, 0.1) is 0 Å². The molecule has 1 aromatic heterocycles. The van der Waals surface area contributed by atoms with Gasteiger partial charge in [-0.2, -0.15) is 0 Å². The van der Waals surface area contributed by atoms with E-state index in [1.807, 2.05) is 0 Å². The Bertz CT molecular complexity index is 435. The maximum absolute atomic E-state index is 11.6. The van der Waals surface area contributed by atoms with Crippen molar-refractivity contribution in [1.29, 1.82) is 0 Å². The fourth-order valence-corrected chi connectivity index (χ4v) is 1.67. The zero-order valence-corrected chi connectivity index (χ0v) is 9.77. The van der Waals surface area contributed by atoms with Gasteiger partial charge < -0.3 is 9.47 Å². The first-order chi connectivity index (χ1) is 7.66. The fraction of sp³-hybridized carbons (Fsp3) is 0.300. The molecule has 2 rings (SSSR count). The molecule has 1 saturated heterocycles. The molecule has 0 radical (unpaired) electrons. The van der Waals surface area contributed by atoms with Crippen LogP contribution < -0.4 is 0 Å². The third kappa shape index (κ3) is 2.38. The van der Waals surface area contributed by atoms with Crippen molar-refractivity contribution in [3.8, 4) is 0 Å². The van der Waals surface area contributed by atoms with Crippen LogP contribution in [0.25, 0.3) is 0 Å². The van der Waals surface area contributed by atoms with E-state index in [-0.39, 0.29) is 0 Å². The maximum Gasteiger partial charge on any atom is 0.347 e. The summed E-state index contributed by atoms with van der Waals surface area (Å²) in [6, 6.07) is 1.58. The quantitative estimate of drug-likeness (QED) is 0.767. The lowest BCUT2D eigenvalue weighted by atomic mass is 10.2. The number of hydrogen-bond acceptors (Lipinski definition) is 5. The molecule has 2 heterocycles. The Hall–Kier alpha value is -1.43. The molecule has 1 atom stereocenters. The van der Waals surface area contributed by atoms with Crippen molar-refractivity contribution in [3.05, 3.63) is 28.5 Å². The van der Waals surface area contributed by atoms with Crippen LogP contribution in [-0.2, 0) is 14.3 Å². The second-order valence-electron chi connectivity index (χ2n) is 3.24. The zero-order valence-electron chi connectivity index (χ0n) is 8.18. The molecule has 0 aromatic carbocycles. The lowest BCUT2D eigenvalue weighted by molar-refractivity contribution is -0.145. The fourth-order valence-electron chi connectivity index (χ4n) is 1.31. The van der Waals surface area contributed by atoms with Crippen LogP contribution in [0.5, 0.6) is 0 Å². The summed E-state index contributed by atoms with van der Waals surface area (Å²) in [4.78, 5) is 26.5. The molecule has 16 heavy (non-hydrogen) atoms. The van der Waals surface area contributed by atoms with Crippen LogP contribution in [0.2, 0.25) is 0 Å². The van der Waals surface area contributed by atoms with Gasteiger partial charge in [0.25, 0.3) is 0 Å². The molecule has 5 nitrogen and oxygen atoms in total. The Morgan fingerprint density at radius 3 is 3.00 bits per heavy atom. The molecule has 1 aliphatic heterocycles. The molecule has 0 aliphatic carbocycles. The molecule has 6 heteroatoms. The molecule has 84 valence electrons. The van der Waals surface area contributed by atoms with Crippen LogP contribution >= 0.6 is 15.9 Å². The number of rotatable bonds is 2. The van der Waals surface area contributed by atoms with E-state index in [1.54, 1.807) is 12.3 Å². The summed E-state index contributed by atoms with van der Waals surface area (Å²) < 4.78 is 10.4. The highest BCUT2D eigenvalue weighted by molar-refractivity contribution is 9.10. The Balaban J connectivity index is 2.05. The van der Waals surface area contributed by atoms with Crippen LogP contribution in [0.15, 0.2) is 22.9 Å². The minimum atomic E-state index is -0.786. The second kappa shape index (κ2) is 4.61. The molecular formula is C10H8BrNO4. The first-order valence-corrected chi connectivity index (χ1v) is 5.44. The minimum Gasteiger partial charge on any atom is -0.463 e. The SMILES string of the molecule is O=C(O[C@H]1CCOC1=O)c1cncc(Br)c1. The van der Waals surface area contributed by atoms with Gasteiger partial charge in [-0.15, -0.1) is 0 Å². The topological polar surface area (TPSA) is 65.5 Å². The van der Waals surface area contributed by atoms with Gasteiger partial charge >= 0.3 is 11.9 Å². The summed E-state index contributed by atoms with van der Waals surface area (Å²) in [7, 11) is 0. The third-order valence-corrected chi connectivity index (χ3v) is 2.51. The number of halogens is 1. The zero-order chi connectivity index (χ0) is 11.5. The summed E-state index contributed by atoms with van der Waals surface area (Å²) in [6.07, 6.45) is 2.56. The van der Waals surface area contributed by atoms with Crippen molar-refractivity contribution in [2.75, 3.05) is 6.61 Å². The Morgan fingerprint density at radius 2 is 2.38 bits per heavy atom. The Kier molecular flexibility index (Phi) is 3.19. The molecule has 1 fully saturated rings. The number of carbonyl (C=O) groups is 2. The molecule has 0 amide bonds. The predicted molar refractivity (Wildman–Crippen MR) is 56.7 cm³/mol. The number of cyclic esters (lactones) is 1. The summed E-state index contributed by atoms with van der Waals surface area (Å²) in [5.41, 5.74) is 0.300. The van der Waals surface area contributed by atoms with Gasteiger partial charge in [-0.05, 0) is 22.0 Å². The standard InChI is InChI=1S/C10H8BrNO4/c11-7-3-6(4-12-5-7)9(13)16-8-1-2-15-10(8)14/h3-5,8H,1-2H2/t8-/m0/s1. The number of aromatic nitrogens is 1. The molecule has 1 aromatic rings. The van der Waals surface area contributed by atoms with Crippen LogP contribution in [0.4, 0.5) is 0 Å². The van der Waals surface area contributed by atoms with Crippen LogP contribution in [0.1, 0.15) is 16.8 Å². The minimum absolute atomic E-state index is 0.299. The van der Waals surface area contributed by atoms with Crippen molar-refractivity contribution in [2.45, 2.75) is 12.5 Å². The van der Waals surface area contributed by atoms with Gasteiger partial charge in [-0.1, -0.05) is 0 Å². The highest BCUT2D eigenvalue weighted by atomic mass is 79.9. The lowest BCUT2D eigenvalue weighted by Gasteiger charge is -2.07. The normalized spacial score (nSPS) is 19.3. The number of nitrogens with zero attached hydrogens (tertiary/aromatic N) is 1. The van der Waals surface area contributed by atoms with Crippen LogP contribution in [0.3, 0.4) is 0 Å². The van der Waals surface area contributed by atoms with E-state index in [1.165, 1.54) is 6.20 Å². The van der Waals surface area contributed by atoms with E-state index in [9.17, 15) is 9.59 Å². The first-order valence-electron chi connectivity index (χ1n) is 4.65. The molecule has 1 aliphatic rings. The third-order valence-electron chi connectivity index (χ3n) is 2.08. The maximum atomic E-state index is 11.6. The Labute approximate surface area is 99.9 Å². The summed E-state index contributed by atoms with van der Waals surface area (Å²) in [6.45, 7) is 0.299. The van der Waals surface area contributed by atoms with Gasteiger partial charge in [0.2, 0.25) is 6.10 Å². The first kappa shape index (κ1) is 11.1. The molecule has 0 bridgehead atoms. The molecule has 0 spiro atoms. The van der Waals surface area contributed by atoms with E-state index < -0.39 is 18.0 Å². The highest BCUT2D eigenvalue weighted by Gasteiger charge is 2.30. The lowest BCUT2D eigenvalue weighted by Crippen LogP contribution is -2.22. The van der Waals surface area contributed by atoms with E-state index >= 15 is 0 Å². The molecule has 0 N–H and O–H groups in total. The highest BCUT2D eigenvalue weighted by Crippen LogP contribution is 2.15. The van der Waals surface area contributed by atoms with Gasteiger partial charge in [0.05, 0.1) is 12.2 Å². The average molecular weight is 286 g/mol. The largest absolute Gasteiger partial charge is 0.463 e. The monoisotopic (exact) mass is 285 g/mol. The van der Waals surface area contributed by atoms with Crippen LogP contribution in [-0.4, -0.2) is 29.6 Å². The number of ether oxygens (including phenoxy) is 2. The van der Waals surface area contributed by atoms with Crippen molar-refractivity contribution in [3.63, 3.8) is 0 Å². The van der Waals surface area contributed by atoms with E-state index in [0.717, 1.165) is 0 Å². The van der Waals surface area contributed by atoms with Crippen molar-refractivity contribution in [2.24, 2.45) is 0 Å². The molecule has 0 unspecified atom stereocenters. The van der Waals surface area contributed by atoms with Crippen molar-refractivity contribution < 1.29 is 19.1 Å².